The van der Waals surface area contributed by atoms with Crippen LogP contribution in [-0.4, -0.2) is 9.97 Å². The summed E-state index contributed by atoms with van der Waals surface area (Å²) in [5, 5.41) is 4.07. The molecule has 0 N–H and O–H groups in total. The van der Waals surface area contributed by atoms with Gasteiger partial charge in [0.1, 0.15) is 10.3 Å². The minimum absolute atomic E-state index is 0.964. The van der Waals surface area contributed by atoms with Gasteiger partial charge in [0, 0.05) is 0 Å². The molecule has 2 nitrogen and oxygen atoms in total. The number of hydrogen-bond donors (Lipinski definition) is 0. The van der Waals surface area contributed by atoms with E-state index in [0.717, 1.165) is 16.0 Å². The van der Waals surface area contributed by atoms with Gasteiger partial charge < -0.3 is 0 Å². The molecule has 3 heterocycles. The van der Waals surface area contributed by atoms with Crippen LogP contribution < -0.4 is 0 Å². The van der Waals surface area contributed by atoms with Gasteiger partial charge in [-0.1, -0.05) is 6.07 Å². The summed E-state index contributed by atoms with van der Waals surface area (Å²) in [5.74, 6) is 0. The van der Waals surface area contributed by atoms with E-state index in [1.54, 1.807) is 22.7 Å². The van der Waals surface area contributed by atoms with Crippen molar-refractivity contribution in [3.63, 3.8) is 0 Å². The number of thiophene rings is 2. The zero-order chi connectivity index (χ0) is 9.38. The van der Waals surface area contributed by atoms with Crippen LogP contribution in [0.15, 0.2) is 35.2 Å². The quantitative estimate of drug-likeness (QED) is 0.625. The van der Waals surface area contributed by atoms with Crippen LogP contribution in [0.25, 0.3) is 20.9 Å². The molecule has 4 heteroatoms. The fraction of sp³-hybridized carbons (Fsp3) is 0. The van der Waals surface area contributed by atoms with Gasteiger partial charge in [-0.25, -0.2) is 9.97 Å². The summed E-state index contributed by atoms with van der Waals surface area (Å²) in [5.41, 5.74) is 1.95. The van der Waals surface area contributed by atoms with E-state index in [2.05, 4.69) is 21.4 Å². The van der Waals surface area contributed by atoms with Crippen molar-refractivity contribution in [1.29, 1.82) is 0 Å². The molecule has 3 aromatic rings. The summed E-state index contributed by atoms with van der Waals surface area (Å²) in [6.45, 7) is 0. The Hall–Kier alpha value is -1.26. The summed E-state index contributed by atoms with van der Waals surface area (Å²) >= 11 is 3.31. The average Bonchev–Trinajstić information content (AvgIpc) is 2.88. The fourth-order valence-corrected chi connectivity index (χ4v) is 2.65. The Balaban J connectivity index is 2.23. The van der Waals surface area contributed by atoms with E-state index in [9.17, 15) is 0 Å². The van der Waals surface area contributed by atoms with Gasteiger partial charge in [0.05, 0.1) is 16.8 Å². The number of aromatic nitrogens is 2. The van der Waals surface area contributed by atoms with Crippen LogP contribution in [0.2, 0.25) is 0 Å². The maximum Gasteiger partial charge on any atom is 0.141 e. The zero-order valence-corrected chi connectivity index (χ0v) is 8.81. The fourth-order valence-electron chi connectivity index (χ4n) is 1.30. The minimum atomic E-state index is 0.964. The van der Waals surface area contributed by atoms with Crippen molar-refractivity contribution in [2.45, 2.75) is 0 Å². The molecule has 0 atom stereocenters. The highest BCUT2D eigenvalue weighted by Gasteiger charge is 2.03. The lowest BCUT2D eigenvalue weighted by molar-refractivity contribution is 1.33. The lowest BCUT2D eigenvalue weighted by Crippen LogP contribution is -1.82. The summed E-state index contributed by atoms with van der Waals surface area (Å²) in [4.78, 5) is 11.1. The van der Waals surface area contributed by atoms with Gasteiger partial charge in [0.15, 0.2) is 0 Å². The van der Waals surface area contributed by atoms with Crippen molar-refractivity contribution in [1.82, 2.24) is 9.97 Å². The Kier molecular flexibility index (Phi) is 1.82. The Morgan fingerprint density at radius 3 is 2.93 bits per heavy atom. The molecule has 0 aliphatic rings. The van der Waals surface area contributed by atoms with Gasteiger partial charge in [-0.05, 0) is 22.9 Å². The van der Waals surface area contributed by atoms with Crippen LogP contribution in [0.5, 0.6) is 0 Å². The molecule has 0 aliphatic heterocycles. The van der Waals surface area contributed by atoms with Gasteiger partial charge in [0.25, 0.3) is 0 Å². The van der Waals surface area contributed by atoms with E-state index in [0.29, 0.717) is 0 Å². The molecule has 3 rings (SSSR count). The first-order chi connectivity index (χ1) is 6.93. The minimum Gasteiger partial charge on any atom is -0.243 e. The molecule has 0 aliphatic carbocycles. The maximum absolute atomic E-state index is 4.54. The van der Waals surface area contributed by atoms with Crippen molar-refractivity contribution in [3.05, 3.63) is 35.2 Å². The molecule has 3 aromatic heterocycles. The van der Waals surface area contributed by atoms with Crippen LogP contribution in [0, 0.1) is 0 Å². The molecule has 0 saturated carbocycles. The van der Waals surface area contributed by atoms with Crippen LogP contribution in [0.4, 0.5) is 0 Å². The molecule has 0 fully saturated rings. The molecule has 0 aromatic carbocycles. The largest absolute Gasteiger partial charge is 0.243 e. The predicted octanol–water partition coefficient (Wildman–Crippen LogP) is 3.42. The van der Waals surface area contributed by atoms with Gasteiger partial charge in [-0.15, -0.1) is 22.7 Å². The Labute approximate surface area is 88.9 Å². The molecule has 68 valence electrons. The Morgan fingerprint density at radius 2 is 2.07 bits per heavy atom. The molecular weight excluding hydrogens is 212 g/mol. The van der Waals surface area contributed by atoms with Crippen molar-refractivity contribution in [2.24, 2.45) is 0 Å². The monoisotopic (exact) mass is 218 g/mol. The van der Waals surface area contributed by atoms with Crippen LogP contribution in [0.3, 0.4) is 0 Å². The molecular formula is C10H6N2S2. The first kappa shape index (κ1) is 8.08. The number of rotatable bonds is 1. The van der Waals surface area contributed by atoms with E-state index < -0.39 is 0 Å². The molecule has 0 radical (unpaired) electrons. The molecule has 0 spiro atoms. The third-order valence-electron chi connectivity index (χ3n) is 1.94. The predicted molar refractivity (Wildman–Crippen MR) is 60.7 cm³/mol. The lowest BCUT2D eigenvalue weighted by Gasteiger charge is -1.94. The molecule has 0 bridgehead atoms. The van der Waals surface area contributed by atoms with Crippen LogP contribution in [0.1, 0.15) is 0 Å². The van der Waals surface area contributed by atoms with E-state index >= 15 is 0 Å². The van der Waals surface area contributed by atoms with E-state index in [1.165, 1.54) is 4.88 Å². The van der Waals surface area contributed by atoms with Crippen molar-refractivity contribution in [3.8, 4) is 10.6 Å². The average molecular weight is 218 g/mol. The standard InChI is InChI=1S/C10H6N2S2/c1-2-9(13-4-1)8-6-11-10-7(12-8)3-5-14-10/h1-6H. The highest BCUT2D eigenvalue weighted by molar-refractivity contribution is 7.16. The SMILES string of the molecule is c1csc(-c2cnc3sccc3n2)c1. The summed E-state index contributed by atoms with van der Waals surface area (Å²) in [6, 6.07) is 6.09. The van der Waals surface area contributed by atoms with Crippen molar-refractivity contribution < 1.29 is 0 Å². The zero-order valence-electron chi connectivity index (χ0n) is 7.18. The van der Waals surface area contributed by atoms with E-state index in [1.807, 2.05) is 23.7 Å². The summed E-state index contributed by atoms with van der Waals surface area (Å²) in [7, 11) is 0. The maximum atomic E-state index is 4.54. The van der Waals surface area contributed by atoms with Crippen molar-refractivity contribution in [2.75, 3.05) is 0 Å². The summed E-state index contributed by atoms with van der Waals surface area (Å²) in [6.07, 6.45) is 1.84. The Bertz CT molecular complexity index is 554. The summed E-state index contributed by atoms with van der Waals surface area (Å²) < 4.78 is 0. The highest BCUT2D eigenvalue weighted by atomic mass is 32.1. The van der Waals surface area contributed by atoms with Gasteiger partial charge >= 0.3 is 0 Å². The third-order valence-corrected chi connectivity index (χ3v) is 3.65. The third kappa shape index (κ3) is 1.23. The van der Waals surface area contributed by atoms with Gasteiger partial charge in [-0.2, -0.15) is 0 Å². The number of fused-ring (bicyclic) bond motifs is 1. The van der Waals surface area contributed by atoms with Crippen molar-refractivity contribution >= 4 is 33.0 Å². The highest BCUT2D eigenvalue weighted by Crippen LogP contribution is 2.25. The van der Waals surface area contributed by atoms with E-state index in [4.69, 9.17) is 0 Å². The smallest absolute Gasteiger partial charge is 0.141 e. The first-order valence-corrected chi connectivity index (χ1v) is 5.93. The van der Waals surface area contributed by atoms with Crippen LogP contribution in [-0.2, 0) is 0 Å². The first-order valence-electron chi connectivity index (χ1n) is 4.17. The molecule has 0 amide bonds. The van der Waals surface area contributed by atoms with Crippen LogP contribution >= 0.6 is 22.7 Å². The second-order valence-electron chi connectivity index (χ2n) is 2.84. The molecule has 0 unspecified atom stereocenters. The second kappa shape index (κ2) is 3.15. The Morgan fingerprint density at radius 1 is 1.07 bits per heavy atom. The molecule has 14 heavy (non-hydrogen) atoms. The number of hydrogen-bond acceptors (Lipinski definition) is 4. The second-order valence-corrected chi connectivity index (χ2v) is 4.69. The topological polar surface area (TPSA) is 25.8 Å². The normalized spacial score (nSPS) is 10.9. The van der Waals surface area contributed by atoms with Gasteiger partial charge in [-0.3, -0.25) is 0 Å². The lowest BCUT2D eigenvalue weighted by atomic mass is 10.3. The molecule has 0 saturated heterocycles. The number of nitrogens with zero attached hydrogens (tertiary/aromatic N) is 2. The van der Waals surface area contributed by atoms with E-state index in [-0.39, 0.29) is 0 Å². The van der Waals surface area contributed by atoms with Gasteiger partial charge in [0.2, 0.25) is 0 Å².